The van der Waals surface area contributed by atoms with E-state index in [9.17, 15) is 0 Å². The van der Waals surface area contributed by atoms with Gasteiger partial charge in [-0.05, 0) is 53.7 Å². The lowest BCUT2D eigenvalue weighted by Gasteiger charge is -2.11. The Hall–Kier alpha value is -1.91. The summed E-state index contributed by atoms with van der Waals surface area (Å²) in [5, 5.41) is 12.1. The van der Waals surface area contributed by atoms with Crippen molar-refractivity contribution in [1.82, 2.24) is 20.2 Å². The van der Waals surface area contributed by atoms with Gasteiger partial charge in [-0.1, -0.05) is 25.5 Å². The van der Waals surface area contributed by atoms with Crippen molar-refractivity contribution in [3.63, 3.8) is 0 Å². The van der Waals surface area contributed by atoms with Crippen molar-refractivity contribution in [3.05, 3.63) is 23.8 Å². The van der Waals surface area contributed by atoms with Crippen LogP contribution in [0, 0.1) is 18.8 Å². The number of benzene rings is 1. The van der Waals surface area contributed by atoms with Crippen LogP contribution in [0.15, 0.2) is 18.2 Å². The first kappa shape index (κ1) is 13.1. The molecule has 1 aromatic carbocycles. The smallest absolute Gasteiger partial charge is 0.182 e. The summed E-state index contributed by atoms with van der Waals surface area (Å²) in [4.78, 5) is 0. The summed E-state index contributed by atoms with van der Waals surface area (Å²) < 4.78 is 1.92. The second-order valence-corrected chi connectivity index (χ2v) is 6.04. The average Bonchev–Trinajstić information content (AvgIpc) is 3.03. The van der Waals surface area contributed by atoms with Crippen LogP contribution in [0.2, 0.25) is 0 Å². The molecule has 20 heavy (non-hydrogen) atoms. The molecular formula is C15H21N5. The maximum absolute atomic E-state index is 5.98. The molecule has 0 amide bonds. The number of hydrogen-bond donors (Lipinski definition) is 1. The maximum atomic E-state index is 5.98. The van der Waals surface area contributed by atoms with E-state index in [4.69, 9.17) is 5.73 Å². The molecule has 1 saturated carbocycles. The molecule has 1 fully saturated rings. The Morgan fingerprint density at radius 1 is 1.35 bits per heavy atom. The molecule has 1 aliphatic carbocycles. The lowest BCUT2D eigenvalue weighted by atomic mass is 10.1. The Morgan fingerprint density at radius 3 is 2.90 bits per heavy atom. The van der Waals surface area contributed by atoms with E-state index in [-0.39, 0.29) is 0 Å². The minimum Gasteiger partial charge on any atom is -0.398 e. The molecule has 106 valence electrons. The van der Waals surface area contributed by atoms with Crippen molar-refractivity contribution in [2.24, 2.45) is 11.8 Å². The molecule has 3 rings (SSSR count). The summed E-state index contributed by atoms with van der Waals surface area (Å²) in [6.45, 7) is 5.23. The zero-order valence-corrected chi connectivity index (χ0v) is 12.1. The number of nitrogen functional groups attached to an aromatic ring is 1. The van der Waals surface area contributed by atoms with E-state index in [0.717, 1.165) is 35.1 Å². The fourth-order valence-corrected chi connectivity index (χ4v) is 3.05. The molecule has 1 aromatic heterocycles. The van der Waals surface area contributed by atoms with E-state index < -0.39 is 0 Å². The summed E-state index contributed by atoms with van der Waals surface area (Å²) in [7, 11) is 0. The molecule has 5 nitrogen and oxygen atoms in total. The number of nitrogens with zero attached hydrogens (tertiary/aromatic N) is 4. The van der Waals surface area contributed by atoms with Gasteiger partial charge in [-0.25, -0.2) is 4.68 Å². The number of nitrogens with two attached hydrogens (primary N) is 1. The van der Waals surface area contributed by atoms with Crippen molar-refractivity contribution in [2.75, 3.05) is 5.73 Å². The van der Waals surface area contributed by atoms with E-state index in [2.05, 4.69) is 22.4 Å². The number of aromatic nitrogens is 4. The standard InChI is InChI=1S/C15H21N5/c1-10-3-5-12(7-10)9-20-15(17-18-19-20)13-6-4-11(2)14(16)8-13/h4,6,8,10,12H,3,5,7,9,16H2,1-2H3. The van der Waals surface area contributed by atoms with Gasteiger partial charge in [0.25, 0.3) is 0 Å². The highest BCUT2D eigenvalue weighted by atomic mass is 15.5. The average molecular weight is 271 g/mol. The van der Waals surface area contributed by atoms with E-state index >= 15 is 0 Å². The third-order valence-electron chi connectivity index (χ3n) is 4.30. The Bertz CT molecular complexity index is 604. The van der Waals surface area contributed by atoms with Crippen LogP contribution in [-0.2, 0) is 6.54 Å². The normalized spacial score (nSPS) is 22.3. The highest BCUT2D eigenvalue weighted by Crippen LogP contribution is 2.32. The fourth-order valence-electron chi connectivity index (χ4n) is 3.05. The van der Waals surface area contributed by atoms with Crippen molar-refractivity contribution in [2.45, 2.75) is 39.7 Å². The predicted molar refractivity (Wildman–Crippen MR) is 78.9 cm³/mol. The number of hydrogen-bond acceptors (Lipinski definition) is 4. The van der Waals surface area contributed by atoms with Crippen LogP contribution in [0.3, 0.4) is 0 Å². The van der Waals surface area contributed by atoms with Crippen molar-refractivity contribution >= 4 is 5.69 Å². The van der Waals surface area contributed by atoms with Gasteiger partial charge in [-0.15, -0.1) is 5.10 Å². The topological polar surface area (TPSA) is 69.6 Å². The molecule has 0 saturated heterocycles. The summed E-state index contributed by atoms with van der Waals surface area (Å²) in [5.41, 5.74) is 8.84. The molecular weight excluding hydrogens is 250 g/mol. The maximum Gasteiger partial charge on any atom is 0.182 e. The molecule has 0 radical (unpaired) electrons. The van der Waals surface area contributed by atoms with Crippen LogP contribution >= 0.6 is 0 Å². The van der Waals surface area contributed by atoms with Crippen LogP contribution < -0.4 is 5.73 Å². The summed E-state index contributed by atoms with van der Waals surface area (Å²) in [5.74, 6) is 2.33. The zero-order valence-electron chi connectivity index (χ0n) is 12.1. The van der Waals surface area contributed by atoms with E-state index in [1.807, 2.05) is 29.8 Å². The second-order valence-electron chi connectivity index (χ2n) is 6.04. The molecule has 1 heterocycles. The zero-order chi connectivity index (χ0) is 14.1. The molecule has 1 aliphatic rings. The lowest BCUT2D eigenvalue weighted by Crippen LogP contribution is -2.11. The summed E-state index contributed by atoms with van der Waals surface area (Å²) in [6.07, 6.45) is 3.87. The highest BCUT2D eigenvalue weighted by Gasteiger charge is 2.23. The minimum atomic E-state index is 0.690. The second kappa shape index (κ2) is 5.23. The molecule has 0 spiro atoms. The molecule has 0 aliphatic heterocycles. The molecule has 2 unspecified atom stereocenters. The number of anilines is 1. The first-order valence-electron chi connectivity index (χ1n) is 7.26. The van der Waals surface area contributed by atoms with Crippen LogP contribution in [-0.4, -0.2) is 20.2 Å². The third kappa shape index (κ3) is 2.53. The van der Waals surface area contributed by atoms with Gasteiger partial charge in [-0.3, -0.25) is 0 Å². The Labute approximate surface area is 119 Å². The third-order valence-corrected chi connectivity index (χ3v) is 4.30. The minimum absolute atomic E-state index is 0.690. The Balaban J connectivity index is 1.84. The van der Waals surface area contributed by atoms with Gasteiger partial charge in [0.1, 0.15) is 0 Å². The monoisotopic (exact) mass is 271 g/mol. The van der Waals surface area contributed by atoms with Gasteiger partial charge < -0.3 is 5.73 Å². The first-order chi connectivity index (χ1) is 9.63. The van der Waals surface area contributed by atoms with Gasteiger partial charge >= 0.3 is 0 Å². The van der Waals surface area contributed by atoms with Gasteiger partial charge in [0.15, 0.2) is 5.82 Å². The van der Waals surface area contributed by atoms with Crippen molar-refractivity contribution in [3.8, 4) is 11.4 Å². The number of aryl methyl sites for hydroxylation is 1. The van der Waals surface area contributed by atoms with Crippen molar-refractivity contribution < 1.29 is 0 Å². The van der Waals surface area contributed by atoms with E-state index in [0.29, 0.717) is 5.92 Å². The SMILES string of the molecule is Cc1ccc(-c2nnnn2CC2CCC(C)C2)cc1N. The highest BCUT2D eigenvalue weighted by molar-refractivity contribution is 5.63. The molecule has 0 bridgehead atoms. The van der Waals surface area contributed by atoms with E-state index in [1.165, 1.54) is 19.3 Å². The Morgan fingerprint density at radius 2 is 2.20 bits per heavy atom. The first-order valence-corrected chi connectivity index (χ1v) is 7.26. The van der Waals surface area contributed by atoms with E-state index in [1.54, 1.807) is 0 Å². The van der Waals surface area contributed by atoms with Crippen molar-refractivity contribution in [1.29, 1.82) is 0 Å². The summed E-state index contributed by atoms with van der Waals surface area (Å²) in [6, 6.07) is 6.00. The van der Waals surface area contributed by atoms with Gasteiger partial charge in [0.2, 0.25) is 0 Å². The van der Waals surface area contributed by atoms with Gasteiger partial charge in [0.05, 0.1) is 0 Å². The van der Waals surface area contributed by atoms with Gasteiger partial charge in [0, 0.05) is 17.8 Å². The summed E-state index contributed by atoms with van der Waals surface area (Å²) >= 11 is 0. The number of tetrazole rings is 1. The Kier molecular flexibility index (Phi) is 3.42. The molecule has 2 N–H and O–H groups in total. The van der Waals surface area contributed by atoms with Crippen LogP contribution in [0.25, 0.3) is 11.4 Å². The quantitative estimate of drug-likeness (QED) is 0.871. The largest absolute Gasteiger partial charge is 0.398 e. The van der Waals surface area contributed by atoms with Crippen LogP contribution in [0.4, 0.5) is 5.69 Å². The van der Waals surface area contributed by atoms with Crippen LogP contribution in [0.5, 0.6) is 0 Å². The van der Waals surface area contributed by atoms with Crippen LogP contribution in [0.1, 0.15) is 31.7 Å². The molecule has 2 atom stereocenters. The predicted octanol–water partition coefficient (Wildman–Crippen LogP) is 2.67. The molecule has 5 heteroatoms. The fraction of sp³-hybridized carbons (Fsp3) is 0.533. The lowest BCUT2D eigenvalue weighted by molar-refractivity contribution is 0.412. The van der Waals surface area contributed by atoms with Gasteiger partial charge in [-0.2, -0.15) is 0 Å². The molecule has 2 aromatic rings. The number of rotatable bonds is 3.